The molecule has 4 N–H and O–H groups in total. The zero-order chi connectivity index (χ0) is 14.2. The lowest BCUT2D eigenvalue weighted by Crippen LogP contribution is -2.13. The van der Waals surface area contributed by atoms with Gasteiger partial charge in [-0.15, -0.1) is 23.5 Å². The average molecular weight is 294 g/mol. The van der Waals surface area contributed by atoms with E-state index < -0.39 is 5.91 Å². The van der Waals surface area contributed by atoms with Crippen molar-refractivity contribution >= 4 is 40.9 Å². The molecule has 0 saturated heterocycles. The van der Waals surface area contributed by atoms with E-state index in [-0.39, 0.29) is 22.6 Å². The van der Waals surface area contributed by atoms with Crippen LogP contribution in [0.4, 0.5) is 5.82 Å². The first-order chi connectivity index (χ1) is 9.04. The smallest absolute Gasteiger partial charge is 0.255 e. The average Bonchev–Trinajstić information content (AvgIpc) is 2.77. The summed E-state index contributed by atoms with van der Waals surface area (Å²) in [6.45, 7) is 0. The van der Waals surface area contributed by atoms with Crippen molar-refractivity contribution in [3.05, 3.63) is 11.1 Å². The van der Waals surface area contributed by atoms with Gasteiger partial charge >= 0.3 is 0 Å². The molecule has 0 aliphatic heterocycles. The Balaban J connectivity index is 2.95. The molecule has 0 spiro atoms. The van der Waals surface area contributed by atoms with Gasteiger partial charge in [-0.05, 0) is 12.5 Å². The van der Waals surface area contributed by atoms with E-state index in [0.717, 1.165) is 0 Å². The first-order valence-electron chi connectivity index (χ1n) is 5.05. The number of fused-ring (bicyclic) bond motifs is 1. The fraction of sp³-hybridized carbons (Fsp3) is 0.200. The molecule has 19 heavy (non-hydrogen) atoms. The van der Waals surface area contributed by atoms with Crippen molar-refractivity contribution in [1.82, 2.24) is 14.6 Å². The minimum Gasteiger partial charge on any atom is -0.382 e. The maximum Gasteiger partial charge on any atom is 0.255 e. The number of amides is 1. The van der Waals surface area contributed by atoms with Gasteiger partial charge in [-0.2, -0.15) is 14.9 Å². The summed E-state index contributed by atoms with van der Waals surface area (Å²) in [6, 6.07) is 1.99. The molecule has 0 atom stereocenters. The summed E-state index contributed by atoms with van der Waals surface area (Å²) in [5.74, 6) is -0.470. The van der Waals surface area contributed by atoms with E-state index in [1.807, 2.05) is 6.07 Å². The first-order valence-corrected chi connectivity index (χ1v) is 7.50. The van der Waals surface area contributed by atoms with Crippen LogP contribution in [0.3, 0.4) is 0 Å². The zero-order valence-corrected chi connectivity index (χ0v) is 11.8. The van der Waals surface area contributed by atoms with Crippen molar-refractivity contribution in [2.75, 3.05) is 18.2 Å². The Kier molecular flexibility index (Phi) is 3.55. The van der Waals surface area contributed by atoms with Crippen LogP contribution in [0.1, 0.15) is 15.9 Å². The number of anilines is 1. The van der Waals surface area contributed by atoms with Crippen LogP contribution in [0.2, 0.25) is 0 Å². The number of nitriles is 1. The third kappa shape index (κ3) is 1.98. The summed E-state index contributed by atoms with van der Waals surface area (Å²) >= 11 is 2.54. The topological polar surface area (TPSA) is 123 Å². The summed E-state index contributed by atoms with van der Waals surface area (Å²) in [4.78, 5) is 15.8. The Labute approximate surface area is 117 Å². The Morgan fingerprint density at radius 2 is 2.00 bits per heavy atom. The van der Waals surface area contributed by atoms with Gasteiger partial charge in [-0.3, -0.25) is 4.79 Å². The van der Waals surface area contributed by atoms with E-state index in [0.29, 0.717) is 10.1 Å². The fourth-order valence-electron chi connectivity index (χ4n) is 1.64. The Bertz CT molecular complexity index is 717. The van der Waals surface area contributed by atoms with Crippen LogP contribution in [-0.4, -0.2) is 33.0 Å². The van der Waals surface area contributed by atoms with Crippen LogP contribution in [0.15, 0.2) is 10.1 Å². The number of carbonyl (C=O) groups excluding carboxylic acids is 1. The molecule has 0 fully saturated rings. The van der Waals surface area contributed by atoms with Crippen molar-refractivity contribution < 1.29 is 4.79 Å². The normalized spacial score (nSPS) is 10.6. The Morgan fingerprint density at radius 1 is 1.37 bits per heavy atom. The van der Waals surface area contributed by atoms with Crippen molar-refractivity contribution in [2.45, 2.75) is 10.1 Å². The molecule has 0 radical (unpaired) electrons. The van der Waals surface area contributed by atoms with Gasteiger partial charge in [0.1, 0.15) is 33.1 Å². The third-order valence-electron chi connectivity index (χ3n) is 2.48. The molecule has 2 rings (SSSR count). The van der Waals surface area contributed by atoms with Gasteiger partial charge in [0.25, 0.3) is 5.91 Å². The molecule has 2 aromatic rings. The molecular weight excluding hydrogens is 284 g/mol. The molecule has 9 heteroatoms. The van der Waals surface area contributed by atoms with Gasteiger partial charge in [0.15, 0.2) is 5.65 Å². The van der Waals surface area contributed by atoms with Gasteiger partial charge < -0.3 is 11.5 Å². The highest BCUT2D eigenvalue weighted by Gasteiger charge is 2.22. The first kappa shape index (κ1) is 13.5. The van der Waals surface area contributed by atoms with E-state index in [9.17, 15) is 4.79 Å². The molecule has 0 bridgehead atoms. The summed E-state index contributed by atoms with van der Waals surface area (Å²) < 4.78 is 1.28. The summed E-state index contributed by atoms with van der Waals surface area (Å²) in [7, 11) is 0. The van der Waals surface area contributed by atoms with Gasteiger partial charge in [0, 0.05) is 0 Å². The predicted molar refractivity (Wildman–Crippen MR) is 74.2 cm³/mol. The van der Waals surface area contributed by atoms with Gasteiger partial charge in [-0.25, -0.2) is 4.98 Å². The minimum atomic E-state index is -0.622. The highest BCUT2D eigenvalue weighted by molar-refractivity contribution is 7.98. The number of rotatable bonds is 3. The van der Waals surface area contributed by atoms with E-state index in [1.54, 1.807) is 12.5 Å². The third-order valence-corrected chi connectivity index (χ3v) is 3.83. The molecule has 0 unspecified atom stereocenters. The maximum atomic E-state index is 11.5. The quantitative estimate of drug-likeness (QED) is 0.631. The van der Waals surface area contributed by atoms with E-state index in [1.165, 1.54) is 28.0 Å². The van der Waals surface area contributed by atoms with Crippen LogP contribution in [0.25, 0.3) is 5.65 Å². The SMILES string of the molecule is CSc1nc2c(C(N)=O)c(SC)nn2c(N)c1C#N. The van der Waals surface area contributed by atoms with Crippen molar-refractivity contribution in [1.29, 1.82) is 5.26 Å². The van der Waals surface area contributed by atoms with Gasteiger partial charge in [0.2, 0.25) is 0 Å². The highest BCUT2D eigenvalue weighted by Crippen LogP contribution is 2.29. The lowest BCUT2D eigenvalue weighted by molar-refractivity contribution is 0.0999. The second kappa shape index (κ2) is 4.99. The molecule has 98 valence electrons. The van der Waals surface area contributed by atoms with Crippen molar-refractivity contribution in [3.8, 4) is 6.07 Å². The van der Waals surface area contributed by atoms with Crippen molar-refractivity contribution in [2.24, 2.45) is 5.73 Å². The predicted octanol–water partition coefficient (Wildman–Crippen LogP) is 0.726. The number of hydrogen-bond acceptors (Lipinski definition) is 7. The number of nitrogen functional groups attached to an aromatic ring is 1. The number of nitrogens with zero attached hydrogens (tertiary/aromatic N) is 4. The largest absolute Gasteiger partial charge is 0.382 e. The van der Waals surface area contributed by atoms with Crippen LogP contribution in [-0.2, 0) is 0 Å². The molecular formula is C10H10N6OS2. The molecule has 1 amide bonds. The highest BCUT2D eigenvalue weighted by atomic mass is 32.2. The number of aromatic nitrogens is 3. The van der Waals surface area contributed by atoms with Crippen LogP contribution in [0, 0.1) is 11.3 Å². The molecule has 2 aromatic heterocycles. The molecule has 0 aliphatic carbocycles. The summed E-state index contributed by atoms with van der Waals surface area (Å²) in [5, 5.41) is 14.2. The standard InChI is InChI=1S/C10H10N6OS2/c1-18-9-4(3-11)6(12)16-8(14-9)5(7(13)17)10(15-16)19-2/h12H2,1-2H3,(H2,13,17). The monoisotopic (exact) mass is 294 g/mol. The van der Waals surface area contributed by atoms with E-state index in [2.05, 4.69) is 10.1 Å². The lowest BCUT2D eigenvalue weighted by Gasteiger charge is -2.05. The number of hydrogen-bond donors (Lipinski definition) is 2. The second-order valence-electron chi connectivity index (χ2n) is 3.48. The zero-order valence-electron chi connectivity index (χ0n) is 10.2. The number of thioether (sulfide) groups is 2. The summed E-state index contributed by atoms with van der Waals surface area (Å²) in [6.07, 6.45) is 3.54. The van der Waals surface area contributed by atoms with Gasteiger partial charge in [0.05, 0.1) is 0 Å². The van der Waals surface area contributed by atoms with Crippen LogP contribution >= 0.6 is 23.5 Å². The Morgan fingerprint density at radius 3 is 2.47 bits per heavy atom. The van der Waals surface area contributed by atoms with Gasteiger partial charge in [-0.1, -0.05) is 0 Å². The molecule has 0 saturated carbocycles. The van der Waals surface area contributed by atoms with Crippen LogP contribution in [0.5, 0.6) is 0 Å². The fourth-order valence-corrected chi connectivity index (χ4v) is 2.73. The molecule has 0 aromatic carbocycles. The molecule has 2 heterocycles. The van der Waals surface area contributed by atoms with E-state index in [4.69, 9.17) is 16.7 Å². The number of primary amides is 1. The van der Waals surface area contributed by atoms with Crippen molar-refractivity contribution in [3.63, 3.8) is 0 Å². The summed E-state index contributed by atoms with van der Waals surface area (Å²) in [5.41, 5.74) is 12.0. The number of carbonyl (C=O) groups is 1. The lowest BCUT2D eigenvalue weighted by atomic mass is 10.3. The maximum absolute atomic E-state index is 11.5. The minimum absolute atomic E-state index is 0.152. The van der Waals surface area contributed by atoms with E-state index >= 15 is 0 Å². The molecule has 0 aliphatic rings. The second-order valence-corrected chi connectivity index (χ2v) is 5.07. The number of nitrogens with two attached hydrogens (primary N) is 2. The molecule has 7 nitrogen and oxygen atoms in total. The van der Waals surface area contributed by atoms with Crippen LogP contribution < -0.4 is 11.5 Å². The Hall–Kier alpha value is -1.92.